The minimum absolute atomic E-state index is 0.00577. The van der Waals surface area contributed by atoms with E-state index in [-0.39, 0.29) is 22.2 Å². The molecule has 0 spiro atoms. The van der Waals surface area contributed by atoms with Crippen LogP contribution in [-0.4, -0.2) is 23.1 Å². The van der Waals surface area contributed by atoms with Crippen LogP contribution in [0.1, 0.15) is 10.6 Å². The lowest BCUT2D eigenvalue weighted by atomic mass is 10.2. The van der Waals surface area contributed by atoms with Gasteiger partial charge in [-0.3, -0.25) is 20.2 Å². The maximum absolute atomic E-state index is 12.4. The van der Waals surface area contributed by atoms with Gasteiger partial charge in [0.2, 0.25) is 0 Å². The number of ether oxygens (including phenoxy) is 1. The van der Waals surface area contributed by atoms with Crippen molar-refractivity contribution in [3.05, 3.63) is 74.5 Å². The summed E-state index contributed by atoms with van der Waals surface area (Å²) in [5, 5.41) is 16.8. The lowest BCUT2D eigenvalue weighted by molar-refractivity contribution is -0.384. The Morgan fingerprint density at radius 1 is 1.13 bits per heavy atom. The molecule has 3 aromatic rings. The van der Waals surface area contributed by atoms with Gasteiger partial charge in [-0.15, -0.1) is 0 Å². The molecule has 0 saturated heterocycles. The highest BCUT2D eigenvalue weighted by atomic mass is 35.5. The standard InChI is InChI=1S/C19H13Cl2N3O5S/c1-28-16-5-3-11(24(26)27)9-14(16)22-19(30)23-18(25)17-7-6-15(29-17)10-2-4-12(20)13(21)8-10/h2-9H,1H3,(H2,22,23,25,30). The van der Waals surface area contributed by atoms with E-state index >= 15 is 0 Å². The average molecular weight is 466 g/mol. The summed E-state index contributed by atoms with van der Waals surface area (Å²) in [6.07, 6.45) is 0. The number of hydrogen-bond donors (Lipinski definition) is 2. The van der Waals surface area contributed by atoms with Gasteiger partial charge in [-0.2, -0.15) is 0 Å². The highest BCUT2D eigenvalue weighted by Crippen LogP contribution is 2.30. The average Bonchev–Trinajstić information content (AvgIpc) is 3.20. The highest BCUT2D eigenvalue weighted by molar-refractivity contribution is 7.80. The molecule has 0 aliphatic heterocycles. The fraction of sp³-hybridized carbons (Fsp3) is 0.0526. The molecule has 0 atom stereocenters. The number of benzene rings is 2. The van der Waals surface area contributed by atoms with E-state index in [1.165, 1.54) is 31.4 Å². The summed E-state index contributed by atoms with van der Waals surface area (Å²) in [7, 11) is 1.40. The van der Waals surface area contributed by atoms with Crippen LogP contribution in [0.25, 0.3) is 11.3 Å². The number of furan rings is 1. The fourth-order valence-corrected chi connectivity index (χ4v) is 2.99. The van der Waals surface area contributed by atoms with E-state index in [0.29, 0.717) is 27.1 Å². The van der Waals surface area contributed by atoms with Crippen LogP contribution in [0.15, 0.2) is 52.9 Å². The molecule has 1 amide bonds. The number of thiocarbonyl (C=S) groups is 1. The van der Waals surface area contributed by atoms with E-state index < -0.39 is 10.8 Å². The van der Waals surface area contributed by atoms with Crippen LogP contribution < -0.4 is 15.4 Å². The van der Waals surface area contributed by atoms with Gasteiger partial charge in [0.05, 0.1) is 27.8 Å². The molecule has 0 saturated carbocycles. The van der Waals surface area contributed by atoms with Gasteiger partial charge >= 0.3 is 0 Å². The first-order valence-electron chi connectivity index (χ1n) is 8.28. The first-order valence-corrected chi connectivity index (χ1v) is 9.45. The number of non-ortho nitro benzene ring substituents is 1. The van der Waals surface area contributed by atoms with E-state index in [2.05, 4.69) is 10.6 Å². The molecule has 0 fully saturated rings. The van der Waals surface area contributed by atoms with Gasteiger partial charge in [-0.25, -0.2) is 0 Å². The van der Waals surface area contributed by atoms with Crippen molar-refractivity contribution < 1.29 is 18.9 Å². The number of nitro groups is 1. The van der Waals surface area contributed by atoms with E-state index in [1.807, 2.05) is 0 Å². The van der Waals surface area contributed by atoms with Crippen molar-refractivity contribution in [1.82, 2.24) is 5.32 Å². The first kappa shape index (κ1) is 21.6. The predicted octanol–water partition coefficient (Wildman–Crippen LogP) is 5.30. The van der Waals surface area contributed by atoms with Crippen LogP contribution in [0, 0.1) is 10.1 Å². The number of anilines is 1. The molecule has 0 radical (unpaired) electrons. The van der Waals surface area contributed by atoms with Gasteiger partial charge in [-0.1, -0.05) is 23.2 Å². The lowest BCUT2D eigenvalue weighted by Gasteiger charge is -2.12. The van der Waals surface area contributed by atoms with E-state index in [0.717, 1.165) is 0 Å². The van der Waals surface area contributed by atoms with Gasteiger partial charge in [-0.05, 0) is 48.6 Å². The number of rotatable bonds is 5. The van der Waals surface area contributed by atoms with Gasteiger partial charge < -0.3 is 14.5 Å². The second kappa shape index (κ2) is 9.12. The number of carbonyl (C=O) groups is 1. The third kappa shape index (κ3) is 4.88. The van der Waals surface area contributed by atoms with E-state index in [1.54, 1.807) is 24.3 Å². The van der Waals surface area contributed by atoms with Gasteiger partial charge in [0, 0.05) is 17.7 Å². The van der Waals surface area contributed by atoms with Crippen LogP contribution in [0.2, 0.25) is 10.0 Å². The van der Waals surface area contributed by atoms with Gasteiger partial charge in [0.15, 0.2) is 10.9 Å². The largest absolute Gasteiger partial charge is 0.495 e. The number of hydrogen-bond acceptors (Lipinski definition) is 6. The molecule has 2 N–H and O–H groups in total. The molecule has 3 rings (SSSR count). The fourth-order valence-electron chi connectivity index (χ4n) is 2.49. The zero-order valence-electron chi connectivity index (χ0n) is 15.3. The van der Waals surface area contributed by atoms with Crippen molar-refractivity contribution in [2.45, 2.75) is 0 Å². The summed E-state index contributed by atoms with van der Waals surface area (Å²) < 4.78 is 10.7. The van der Waals surface area contributed by atoms with Crippen molar-refractivity contribution in [2.24, 2.45) is 0 Å². The molecular weight excluding hydrogens is 453 g/mol. The summed E-state index contributed by atoms with van der Waals surface area (Å²) in [5.74, 6) is 0.129. The molecule has 154 valence electrons. The van der Waals surface area contributed by atoms with Crippen LogP contribution >= 0.6 is 35.4 Å². The van der Waals surface area contributed by atoms with Crippen LogP contribution in [-0.2, 0) is 0 Å². The molecule has 0 aliphatic carbocycles. The van der Waals surface area contributed by atoms with Crippen LogP contribution in [0.5, 0.6) is 5.75 Å². The topological polar surface area (TPSA) is 107 Å². The molecule has 30 heavy (non-hydrogen) atoms. The number of amides is 1. The molecule has 2 aromatic carbocycles. The minimum atomic E-state index is -0.608. The monoisotopic (exact) mass is 465 g/mol. The molecule has 8 nitrogen and oxygen atoms in total. The smallest absolute Gasteiger partial charge is 0.293 e. The number of nitrogens with zero attached hydrogens (tertiary/aromatic N) is 1. The second-order valence-electron chi connectivity index (χ2n) is 5.84. The third-order valence-electron chi connectivity index (χ3n) is 3.90. The Morgan fingerprint density at radius 2 is 1.90 bits per heavy atom. The van der Waals surface area contributed by atoms with Gasteiger partial charge in [0.25, 0.3) is 11.6 Å². The molecule has 0 aliphatic rings. The minimum Gasteiger partial charge on any atom is -0.495 e. The Balaban J connectivity index is 1.71. The number of halogens is 2. The number of methoxy groups -OCH3 is 1. The Bertz CT molecular complexity index is 1150. The Labute approximate surface area is 185 Å². The summed E-state index contributed by atoms with van der Waals surface area (Å²) in [4.78, 5) is 22.8. The Kier molecular flexibility index (Phi) is 6.56. The maximum Gasteiger partial charge on any atom is 0.293 e. The van der Waals surface area contributed by atoms with Crippen molar-refractivity contribution in [2.75, 3.05) is 12.4 Å². The van der Waals surface area contributed by atoms with E-state index in [4.69, 9.17) is 44.6 Å². The third-order valence-corrected chi connectivity index (χ3v) is 4.85. The Morgan fingerprint density at radius 3 is 2.57 bits per heavy atom. The summed E-state index contributed by atoms with van der Waals surface area (Å²) in [6, 6.07) is 12.0. The number of nitrogens with one attached hydrogen (secondary N) is 2. The summed E-state index contributed by atoms with van der Waals surface area (Å²) >= 11 is 17.0. The predicted molar refractivity (Wildman–Crippen MR) is 117 cm³/mol. The SMILES string of the molecule is COc1ccc([N+](=O)[O-])cc1NC(=S)NC(=O)c1ccc(-c2ccc(Cl)c(Cl)c2)o1. The van der Waals surface area contributed by atoms with Crippen molar-refractivity contribution in [1.29, 1.82) is 0 Å². The Hall–Kier alpha value is -3.14. The normalized spacial score (nSPS) is 10.4. The molecule has 11 heteroatoms. The zero-order valence-corrected chi connectivity index (χ0v) is 17.6. The van der Waals surface area contributed by atoms with Crippen molar-refractivity contribution >= 4 is 57.8 Å². The summed E-state index contributed by atoms with van der Waals surface area (Å²) in [6.45, 7) is 0. The van der Waals surface area contributed by atoms with Crippen molar-refractivity contribution in [3.8, 4) is 17.1 Å². The van der Waals surface area contributed by atoms with Crippen LogP contribution in [0.3, 0.4) is 0 Å². The molecular formula is C19H13Cl2N3O5S. The molecule has 1 aromatic heterocycles. The highest BCUT2D eigenvalue weighted by Gasteiger charge is 2.17. The number of carbonyl (C=O) groups excluding carboxylic acids is 1. The van der Waals surface area contributed by atoms with Crippen molar-refractivity contribution in [3.63, 3.8) is 0 Å². The molecule has 1 heterocycles. The molecule has 0 unspecified atom stereocenters. The number of nitro benzene ring substituents is 1. The summed E-state index contributed by atoms with van der Waals surface area (Å²) in [5.41, 5.74) is 0.711. The van der Waals surface area contributed by atoms with Gasteiger partial charge in [0.1, 0.15) is 11.5 Å². The van der Waals surface area contributed by atoms with Crippen LogP contribution in [0.4, 0.5) is 11.4 Å². The quantitative estimate of drug-likeness (QED) is 0.299. The zero-order chi connectivity index (χ0) is 21.8. The van der Waals surface area contributed by atoms with E-state index in [9.17, 15) is 14.9 Å². The lowest BCUT2D eigenvalue weighted by Crippen LogP contribution is -2.34. The molecule has 0 bridgehead atoms. The second-order valence-corrected chi connectivity index (χ2v) is 7.07. The maximum atomic E-state index is 12.4. The first-order chi connectivity index (χ1) is 14.3.